The SMILES string of the molecule is O=P(Cl)(Cl)OC(Cc1nc2ccccc2s1)c1nc2ccccc2s1. The van der Waals surface area contributed by atoms with Gasteiger partial charge in [-0.3, -0.25) is 9.09 Å². The van der Waals surface area contributed by atoms with Crippen molar-refractivity contribution in [1.82, 2.24) is 9.97 Å². The molecule has 9 heteroatoms. The number of halogens is 2. The Kier molecular flexibility index (Phi) is 4.84. The van der Waals surface area contributed by atoms with Gasteiger partial charge >= 0.3 is 6.07 Å². The average molecular weight is 429 g/mol. The van der Waals surface area contributed by atoms with Crippen molar-refractivity contribution in [3.8, 4) is 0 Å². The second-order valence-corrected chi connectivity index (χ2v) is 11.7. The summed E-state index contributed by atoms with van der Waals surface area (Å²) in [6, 6.07) is 15.6. The van der Waals surface area contributed by atoms with Crippen LogP contribution >= 0.6 is 51.2 Å². The van der Waals surface area contributed by atoms with Gasteiger partial charge in [0.15, 0.2) is 0 Å². The predicted octanol–water partition coefficient (Wildman–Crippen LogP) is 6.79. The first-order chi connectivity index (χ1) is 12.0. The molecule has 4 aromatic rings. The monoisotopic (exact) mass is 428 g/mol. The summed E-state index contributed by atoms with van der Waals surface area (Å²) >= 11 is 14.4. The van der Waals surface area contributed by atoms with Gasteiger partial charge in [-0.15, -0.1) is 22.7 Å². The van der Waals surface area contributed by atoms with Gasteiger partial charge in [-0.05, 0) is 46.7 Å². The first kappa shape index (κ1) is 17.4. The maximum absolute atomic E-state index is 11.8. The van der Waals surface area contributed by atoms with Crippen molar-refractivity contribution < 1.29 is 9.09 Å². The number of nitrogens with zero attached hydrogens (tertiary/aromatic N) is 2. The van der Waals surface area contributed by atoms with E-state index in [2.05, 4.69) is 9.97 Å². The summed E-state index contributed by atoms with van der Waals surface area (Å²) in [7, 11) is 0. The molecule has 0 saturated carbocycles. The van der Waals surface area contributed by atoms with E-state index >= 15 is 0 Å². The second kappa shape index (κ2) is 6.95. The van der Waals surface area contributed by atoms with E-state index in [1.54, 1.807) is 11.3 Å². The van der Waals surface area contributed by atoms with E-state index in [4.69, 9.17) is 27.0 Å². The third-order valence-corrected chi connectivity index (χ3v) is 6.70. The van der Waals surface area contributed by atoms with Crippen LogP contribution in [-0.4, -0.2) is 9.97 Å². The minimum atomic E-state index is -3.71. The highest BCUT2D eigenvalue weighted by Gasteiger charge is 2.27. The normalized spacial score (nSPS) is 13.5. The first-order valence-electron chi connectivity index (χ1n) is 7.36. The molecule has 1 unspecified atom stereocenters. The van der Waals surface area contributed by atoms with Crippen LogP contribution in [-0.2, 0) is 15.5 Å². The fraction of sp³-hybridized carbons (Fsp3) is 0.125. The van der Waals surface area contributed by atoms with Crippen LogP contribution in [0.1, 0.15) is 16.1 Å². The van der Waals surface area contributed by atoms with Gasteiger partial charge in [0.05, 0.1) is 25.4 Å². The number of fused-ring (bicyclic) bond motifs is 2. The summed E-state index contributed by atoms with van der Waals surface area (Å²) in [6.07, 6.45) is -3.92. The lowest BCUT2D eigenvalue weighted by Gasteiger charge is -2.14. The zero-order valence-electron chi connectivity index (χ0n) is 12.6. The van der Waals surface area contributed by atoms with E-state index in [1.807, 2.05) is 48.5 Å². The van der Waals surface area contributed by atoms with Gasteiger partial charge < -0.3 is 0 Å². The van der Waals surface area contributed by atoms with Gasteiger partial charge in [0, 0.05) is 6.42 Å². The van der Waals surface area contributed by atoms with Gasteiger partial charge in [-0.1, -0.05) is 24.3 Å². The van der Waals surface area contributed by atoms with E-state index in [0.717, 1.165) is 25.4 Å². The molecule has 0 fully saturated rings. The zero-order valence-corrected chi connectivity index (χ0v) is 16.7. The summed E-state index contributed by atoms with van der Waals surface area (Å²) in [5, 5.41) is 1.54. The van der Waals surface area contributed by atoms with Gasteiger partial charge in [0.1, 0.15) is 11.1 Å². The fourth-order valence-corrected chi connectivity index (χ4v) is 5.62. The highest BCUT2D eigenvalue weighted by Crippen LogP contribution is 2.61. The summed E-state index contributed by atoms with van der Waals surface area (Å²) < 4.78 is 19.4. The quantitative estimate of drug-likeness (QED) is 0.328. The molecule has 0 aliphatic rings. The Hall–Kier alpha value is -1.01. The molecular weight excluding hydrogens is 418 g/mol. The average Bonchev–Trinajstić information content (AvgIpc) is 3.16. The highest BCUT2D eigenvalue weighted by molar-refractivity contribution is 8.05. The van der Waals surface area contributed by atoms with Crippen molar-refractivity contribution >= 4 is 71.7 Å². The van der Waals surface area contributed by atoms with Crippen LogP contribution in [0.5, 0.6) is 0 Å². The number of hydrogen-bond acceptors (Lipinski definition) is 6. The topological polar surface area (TPSA) is 52.1 Å². The maximum atomic E-state index is 11.8. The lowest BCUT2D eigenvalue weighted by Crippen LogP contribution is -2.04. The van der Waals surface area contributed by atoms with Crippen molar-refractivity contribution in [3.63, 3.8) is 0 Å². The van der Waals surface area contributed by atoms with Crippen molar-refractivity contribution in [3.05, 3.63) is 58.5 Å². The van der Waals surface area contributed by atoms with Gasteiger partial charge in [0.25, 0.3) is 0 Å². The number of hydrogen-bond donors (Lipinski definition) is 0. The van der Waals surface area contributed by atoms with Crippen molar-refractivity contribution in [2.24, 2.45) is 0 Å². The lowest BCUT2D eigenvalue weighted by atomic mass is 10.2. The van der Waals surface area contributed by atoms with Crippen molar-refractivity contribution in [1.29, 1.82) is 0 Å². The van der Waals surface area contributed by atoms with E-state index in [-0.39, 0.29) is 0 Å². The molecule has 0 saturated heterocycles. The Morgan fingerprint density at radius 2 is 1.56 bits per heavy atom. The maximum Gasteiger partial charge on any atom is 0.380 e. The van der Waals surface area contributed by atoms with Crippen LogP contribution in [0.15, 0.2) is 48.5 Å². The van der Waals surface area contributed by atoms with E-state index in [0.29, 0.717) is 11.4 Å². The van der Waals surface area contributed by atoms with Gasteiger partial charge in [-0.25, -0.2) is 9.97 Å². The summed E-state index contributed by atoms with van der Waals surface area (Å²) in [5.41, 5.74) is 1.78. The summed E-state index contributed by atoms with van der Waals surface area (Å²) in [4.78, 5) is 9.18. The molecule has 4 nitrogen and oxygen atoms in total. The molecule has 0 N–H and O–H groups in total. The van der Waals surface area contributed by atoms with Crippen LogP contribution in [0.4, 0.5) is 0 Å². The second-order valence-electron chi connectivity index (χ2n) is 5.31. The van der Waals surface area contributed by atoms with E-state index in [1.165, 1.54) is 11.3 Å². The zero-order chi connectivity index (χ0) is 17.4. The molecule has 0 aliphatic carbocycles. The summed E-state index contributed by atoms with van der Waals surface area (Å²) in [5.74, 6) is 0. The molecule has 2 heterocycles. The van der Waals surface area contributed by atoms with Crippen LogP contribution < -0.4 is 0 Å². The predicted molar refractivity (Wildman–Crippen MR) is 106 cm³/mol. The first-order valence-corrected chi connectivity index (χ1v) is 12.4. The Bertz CT molecular complexity index is 1030. The molecule has 128 valence electrons. The van der Waals surface area contributed by atoms with Crippen molar-refractivity contribution in [2.75, 3.05) is 0 Å². The number of thiazole rings is 2. The molecule has 0 radical (unpaired) electrons. The third kappa shape index (κ3) is 4.05. The third-order valence-electron chi connectivity index (χ3n) is 3.53. The van der Waals surface area contributed by atoms with Crippen LogP contribution in [0, 0.1) is 0 Å². The molecule has 25 heavy (non-hydrogen) atoms. The number of benzene rings is 2. The smallest absolute Gasteiger partial charge is 0.295 e. The number of aromatic nitrogens is 2. The Morgan fingerprint density at radius 1 is 0.960 bits per heavy atom. The molecule has 4 rings (SSSR count). The van der Waals surface area contributed by atoms with E-state index in [9.17, 15) is 4.57 Å². The van der Waals surface area contributed by atoms with Gasteiger partial charge in [0.2, 0.25) is 0 Å². The molecule has 0 spiro atoms. The largest absolute Gasteiger partial charge is 0.380 e. The summed E-state index contributed by atoms with van der Waals surface area (Å²) in [6.45, 7) is 0. The molecular formula is C16H11Cl2N2O2PS2. The molecule has 1 atom stereocenters. The minimum absolute atomic E-state index is 0.405. The fourth-order valence-electron chi connectivity index (χ4n) is 2.51. The molecule has 2 aromatic heterocycles. The molecule has 0 amide bonds. The Labute approximate surface area is 161 Å². The molecule has 0 bridgehead atoms. The molecule has 2 aromatic carbocycles. The van der Waals surface area contributed by atoms with Gasteiger partial charge in [-0.2, -0.15) is 0 Å². The number of para-hydroxylation sites is 2. The molecule has 0 aliphatic heterocycles. The minimum Gasteiger partial charge on any atom is -0.295 e. The van der Waals surface area contributed by atoms with E-state index < -0.39 is 12.2 Å². The standard InChI is InChI=1S/C16H11Cl2N2O2PS2/c17-23(18,21)22-12(16-20-11-6-2-4-8-14(11)25-16)9-15-19-10-5-1-3-7-13(10)24-15/h1-8,12H,9H2. The lowest BCUT2D eigenvalue weighted by molar-refractivity contribution is 0.222. The van der Waals surface area contributed by atoms with Crippen LogP contribution in [0.25, 0.3) is 20.4 Å². The van der Waals surface area contributed by atoms with Crippen LogP contribution in [0.2, 0.25) is 0 Å². The van der Waals surface area contributed by atoms with Crippen molar-refractivity contribution in [2.45, 2.75) is 12.5 Å². The number of rotatable bonds is 5. The Balaban J connectivity index is 1.71. The highest BCUT2D eigenvalue weighted by atomic mass is 35.9. The van der Waals surface area contributed by atoms with Crippen LogP contribution in [0.3, 0.4) is 0 Å². The Morgan fingerprint density at radius 3 is 2.16 bits per heavy atom.